The van der Waals surface area contributed by atoms with E-state index in [-0.39, 0.29) is 43.1 Å². The van der Waals surface area contributed by atoms with Crippen molar-refractivity contribution in [3.8, 4) is 11.3 Å². The molecule has 1 amide bonds. The summed E-state index contributed by atoms with van der Waals surface area (Å²) < 4.78 is 45.7. The zero-order chi connectivity index (χ0) is 29.9. The molecule has 4 rings (SSSR count). The second kappa shape index (κ2) is 12.6. The minimum Gasteiger partial charge on any atom is -0.384 e. The standard InChI is InChI=1S/C31H37F3N4O3/c1-19(39)13-31(3,4)28(38(30(41)20(2)40)17-22-14-35-15-26(22)34)29-36-27(24-12-23(32)10-11-25(24)33)18-37(29)16-21-8-6-5-7-9-21/h5-12,18,20,22,26,28,35,40H,13-17H2,1-4H3. The molecule has 1 aromatic heterocycles. The number of hydrogen-bond acceptors (Lipinski definition) is 5. The second-order valence-corrected chi connectivity index (χ2v) is 11.6. The zero-order valence-corrected chi connectivity index (χ0v) is 23.8. The minimum atomic E-state index is -1.41. The van der Waals surface area contributed by atoms with Crippen molar-refractivity contribution in [3.63, 3.8) is 0 Å². The third-order valence-electron chi connectivity index (χ3n) is 7.54. The van der Waals surface area contributed by atoms with Crippen LogP contribution in [0, 0.1) is 23.0 Å². The summed E-state index contributed by atoms with van der Waals surface area (Å²) in [6.07, 6.45) is -0.977. The Bertz CT molecular complexity index is 1380. The molecule has 4 atom stereocenters. The van der Waals surface area contributed by atoms with E-state index in [9.17, 15) is 27.9 Å². The van der Waals surface area contributed by atoms with E-state index in [4.69, 9.17) is 4.98 Å². The Morgan fingerprint density at radius 1 is 1.17 bits per heavy atom. The van der Waals surface area contributed by atoms with Gasteiger partial charge in [0, 0.05) is 50.3 Å². The number of halogens is 3. The Balaban J connectivity index is 1.94. The number of aromatic nitrogens is 2. The number of imidazole rings is 1. The normalized spacial score (nSPS) is 18.7. The molecule has 0 bridgehead atoms. The van der Waals surface area contributed by atoms with Gasteiger partial charge in [-0.2, -0.15) is 0 Å². The van der Waals surface area contributed by atoms with Crippen molar-refractivity contribution in [2.75, 3.05) is 19.6 Å². The fourth-order valence-electron chi connectivity index (χ4n) is 5.72. The Hall–Kier alpha value is -3.50. The van der Waals surface area contributed by atoms with E-state index in [1.54, 1.807) is 10.8 Å². The lowest BCUT2D eigenvalue weighted by atomic mass is 9.78. The first-order chi connectivity index (χ1) is 19.4. The highest BCUT2D eigenvalue weighted by atomic mass is 19.1. The highest BCUT2D eigenvalue weighted by Crippen LogP contribution is 2.43. The molecule has 7 nitrogen and oxygen atoms in total. The number of amides is 1. The van der Waals surface area contributed by atoms with Gasteiger partial charge in [-0.1, -0.05) is 44.2 Å². The van der Waals surface area contributed by atoms with Gasteiger partial charge >= 0.3 is 0 Å². The quantitative estimate of drug-likeness (QED) is 0.349. The summed E-state index contributed by atoms with van der Waals surface area (Å²) in [6.45, 7) is 7.13. The number of Topliss-reactive ketones (excluding diaryl/α,β-unsaturated/α-hetero) is 1. The predicted molar refractivity (Wildman–Crippen MR) is 150 cm³/mol. The minimum absolute atomic E-state index is 0.0360. The van der Waals surface area contributed by atoms with Crippen molar-refractivity contribution >= 4 is 11.7 Å². The number of ketones is 1. The molecule has 0 saturated carbocycles. The Kier molecular flexibility index (Phi) is 9.34. The molecule has 1 saturated heterocycles. The van der Waals surface area contributed by atoms with Gasteiger partial charge in [0.25, 0.3) is 5.91 Å². The topological polar surface area (TPSA) is 87.5 Å². The molecule has 2 heterocycles. The summed E-state index contributed by atoms with van der Waals surface area (Å²) >= 11 is 0. The fraction of sp³-hybridized carbons (Fsp3) is 0.452. The Labute approximate surface area is 238 Å². The van der Waals surface area contributed by atoms with Crippen molar-refractivity contribution in [2.24, 2.45) is 11.3 Å². The van der Waals surface area contributed by atoms with Crippen molar-refractivity contribution in [3.05, 3.63) is 77.8 Å². The highest BCUT2D eigenvalue weighted by Gasteiger charge is 2.44. The zero-order valence-electron chi connectivity index (χ0n) is 23.8. The summed E-state index contributed by atoms with van der Waals surface area (Å²) in [5.41, 5.74) is 0.0363. The first kappa shape index (κ1) is 30.5. The second-order valence-electron chi connectivity index (χ2n) is 11.6. The van der Waals surface area contributed by atoms with Crippen molar-refractivity contribution in [1.82, 2.24) is 19.8 Å². The number of aliphatic hydroxyl groups is 1. The van der Waals surface area contributed by atoms with Crippen molar-refractivity contribution in [2.45, 2.75) is 59.0 Å². The molecule has 1 aliphatic rings. The molecule has 220 valence electrons. The van der Waals surface area contributed by atoms with Gasteiger partial charge in [-0.25, -0.2) is 18.2 Å². The van der Waals surface area contributed by atoms with Crippen LogP contribution in [0.4, 0.5) is 13.2 Å². The van der Waals surface area contributed by atoms with Crippen LogP contribution in [0.1, 0.15) is 51.5 Å². The summed E-state index contributed by atoms with van der Waals surface area (Å²) in [5, 5.41) is 13.4. The third kappa shape index (κ3) is 7.05. The van der Waals surface area contributed by atoms with Crippen LogP contribution in [0.3, 0.4) is 0 Å². The monoisotopic (exact) mass is 570 g/mol. The molecule has 1 aliphatic heterocycles. The first-order valence-electron chi connectivity index (χ1n) is 13.8. The van der Waals surface area contributed by atoms with Crippen LogP contribution in [0.5, 0.6) is 0 Å². The number of carbonyl (C=O) groups excluding carboxylic acids is 2. The fourth-order valence-corrected chi connectivity index (χ4v) is 5.72. The summed E-state index contributed by atoms with van der Waals surface area (Å²) in [5.74, 6) is -2.31. The number of hydrogen-bond donors (Lipinski definition) is 2. The summed E-state index contributed by atoms with van der Waals surface area (Å²) in [4.78, 5) is 32.3. The average Bonchev–Trinajstić information content (AvgIpc) is 3.50. The van der Waals surface area contributed by atoms with Crippen LogP contribution < -0.4 is 5.32 Å². The van der Waals surface area contributed by atoms with Crippen LogP contribution in [-0.4, -0.2) is 63.2 Å². The highest BCUT2D eigenvalue weighted by molar-refractivity contribution is 5.81. The van der Waals surface area contributed by atoms with E-state index < -0.39 is 47.2 Å². The van der Waals surface area contributed by atoms with Gasteiger partial charge in [0.15, 0.2) is 0 Å². The largest absolute Gasteiger partial charge is 0.384 e. The van der Waals surface area contributed by atoms with Gasteiger partial charge in [-0.05, 0) is 43.0 Å². The molecule has 3 aromatic rings. The van der Waals surface area contributed by atoms with Crippen LogP contribution in [0.2, 0.25) is 0 Å². The van der Waals surface area contributed by atoms with E-state index in [0.717, 1.165) is 23.8 Å². The molecule has 0 spiro atoms. The lowest BCUT2D eigenvalue weighted by molar-refractivity contribution is -0.147. The maximum atomic E-state index is 14.9. The van der Waals surface area contributed by atoms with Crippen LogP contribution in [0.25, 0.3) is 11.3 Å². The van der Waals surface area contributed by atoms with E-state index in [1.807, 2.05) is 44.2 Å². The van der Waals surface area contributed by atoms with E-state index in [2.05, 4.69) is 5.32 Å². The Morgan fingerprint density at radius 3 is 2.49 bits per heavy atom. The van der Waals surface area contributed by atoms with Gasteiger partial charge in [0.05, 0.1) is 11.7 Å². The van der Waals surface area contributed by atoms with Gasteiger partial charge in [0.1, 0.15) is 35.5 Å². The van der Waals surface area contributed by atoms with Crippen molar-refractivity contribution in [1.29, 1.82) is 0 Å². The van der Waals surface area contributed by atoms with Crippen LogP contribution in [0.15, 0.2) is 54.7 Å². The smallest absolute Gasteiger partial charge is 0.251 e. The molecule has 0 radical (unpaired) electrons. The predicted octanol–water partition coefficient (Wildman–Crippen LogP) is 4.69. The van der Waals surface area contributed by atoms with Crippen LogP contribution in [-0.2, 0) is 16.1 Å². The lowest BCUT2D eigenvalue weighted by Crippen LogP contribution is -2.50. The van der Waals surface area contributed by atoms with Gasteiger partial charge in [-0.15, -0.1) is 0 Å². The number of nitrogens with zero attached hydrogens (tertiary/aromatic N) is 3. The molecule has 0 aliphatic carbocycles. The molecule has 4 unspecified atom stereocenters. The molecular weight excluding hydrogens is 533 g/mol. The molecule has 41 heavy (non-hydrogen) atoms. The molecule has 1 fully saturated rings. The number of rotatable bonds is 11. The van der Waals surface area contributed by atoms with E-state index in [1.165, 1.54) is 18.7 Å². The summed E-state index contributed by atoms with van der Waals surface area (Å²) in [6, 6.07) is 11.6. The van der Waals surface area contributed by atoms with Gasteiger partial charge in [-0.3, -0.25) is 4.79 Å². The maximum absolute atomic E-state index is 14.9. The first-order valence-corrected chi connectivity index (χ1v) is 13.8. The maximum Gasteiger partial charge on any atom is 0.251 e. The SMILES string of the molecule is CC(=O)CC(C)(C)C(c1nc(-c2cc(F)ccc2F)cn1Cc1ccccc1)N(CC1CNCC1F)C(=O)C(C)O. The third-order valence-corrected chi connectivity index (χ3v) is 7.54. The van der Waals surface area contributed by atoms with Crippen molar-refractivity contribution < 1.29 is 27.9 Å². The number of benzene rings is 2. The van der Waals surface area contributed by atoms with Gasteiger partial charge in [0.2, 0.25) is 0 Å². The number of aliphatic hydroxyl groups excluding tert-OH is 1. The van der Waals surface area contributed by atoms with Crippen LogP contribution >= 0.6 is 0 Å². The summed E-state index contributed by atoms with van der Waals surface area (Å²) in [7, 11) is 0. The molecule has 2 aromatic carbocycles. The molecule has 10 heteroatoms. The lowest BCUT2D eigenvalue weighted by Gasteiger charge is -2.43. The molecule has 2 N–H and O–H groups in total. The van der Waals surface area contributed by atoms with E-state index >= 15 is 0 Å². The molecular formula is C31H37F3N4O3. The van der Waals surface area contributed by atoms with Gasteiger partial charge < -0.3 is 24.7 Å². The van der Waals surface area contributed by atoms with E-state index in [0.29, 0.717) is 12.4 Å². The number of carbonyl (C=O) groups is 2. The number of nitrogens with one attached hydrogen (secondary N) is 1. The average molecular weight is 571 g/mol. The number of alkyl halides is 1. The Morgan fingerprint density at radius 2 is 1.88 bits per heavy atom.